The Kier molecular flexibility index (Phi) is 5.46. The second-order valence-electron chi connectivity index (χ2n) is 6.10. The van der Waals surface area contributed by atoms with Gasteiger partial charge in [0.15, 0.2) is 5.56 Å². The number of ether oxygens (including phenoxy) is 1. The summed E-state index contributed by atoms with van der Waals surface area (Å²) >= 11 is 5.68. The van der Waals surface area contributed by atoms with E-state index in [9.17, 15) is 18.8 Å². The number of aromatic nitrogens is 1. The van der Waals surface area contributed by atoms with Crippen molar-refractivity contribution in [2.45, 2.75) is 19.4 Å². The molecule has 0 aliphatic carbocycles. The maximum absolute atomic E-state index is 13.2. The van der Waals surface area contributed by atoms with Gasteiger partial charge in [0, 0.05) is 23.4 Å². The van der Waals surface area contributed by atoms with Crippen molar-refractivity contribution in [3.05, 3.63) is 65.1 Å². The van der Waals surface area contributed by atoms with Gasteiger partial charge in [-0.15, -0.1) is 0 Å². The number of hydrogen-bond acceptors (Lipinski definition) is 4. The van der Waals surface area contributed by atoms with E-state index in [0.29, 0.717) is 10.9 Å². The van der Waals surface area contributed by atoms with Gasteiger partial charge in [-0.05, 0) is 49.4 Å². The molecule has 2 N–H and O–H groups in total. The van der Waals surface area contributed by atoms with Crippen LogP contribution in [0.25, 0.3) is 10.9 Å². The molecule has 0 saturated carbocycles. The SMILES string of the molecule is CC(=O)Nc1c(C(=O)c2ccc(F)cc2)[nH]c2cc(C(=O)OC(C)Cl)ccc12. The lowest BCUT2D eigenvalue weighted by Crippen LogP contribution is -2.11. The van der Waals surface area contributed by atoms with Gasteiger partial charge in [0.05, 0.1) is 11.3 Å². The average Bonchev–Trinajstić information content (AvgIpc) is 2.98. The van der Waals surface area contributed by atoms with E-state index in [4.69, 9.17) is 16.3 Å². The number of ketones is 1. The highest BCUT2D eigenvalue weighted by Crippen LogP contribution is 2.30. The van der Waals surface area contributed by atoms with Crippen LogP contribution in [0.5, 0.6) is 0 Å². The smallest absolute Gasteiger partial charge is 0.339 e. The summed E-state index contributed by atoms with van der Waals surface area (Å²) in [5.74, 6) is -1.88. The molecule has 6 nitrogen and oxygen atoms in total. The van der Waals surface area contributed by atoms with Crippen LogP contribution in [-0.2, 0) is 9.53 Å². The highest BCUT2D eigenvalue weighted by atomic mass is 35.5. The first-order chi connectivity index (χ1) is 13.3. The van der Waals surface area contributed by atoms with Crippen molar-refractivity contribution < 1.29 is 23.5 Å². The van der Waals surface area contributed by atoms with Gasteiger partial charge in [-0.1, -0.05) is 11.6 Å². The molecular weight excluding hydrogens is 387 g/mol. The molecule has 2 aromatic carbocycles. The van der Waals surface area contributed by atoms with Crippen LogP contribution in [0.3, 0.4) is 0 Å². The van der Waals surface area contributed by atoms with E-state index >= 15 is 0 Å². The van der Waals surface area contributed by atoms with Crippen LogP contribution in [0.15, 0.2) is 42.5 Å². The molecule has 1 heterocycles. The first-order valence-corrected chi connectivity index (χ1v) is 8.78. The summed E-state index contributed by atoms with van der Waals surface area (Å²) in [6, 6.07) is 9.66. The summed E-state index contributed by atoms with van der Waals surface area (Å²) in [6.45, 7) is 2.83. The van der Waals surface area contributed by atoms with Gasteiger partial charge in [0.2, 0.25) is 11.7 Å². The lowest BCUT2D eigenvalue weighted by atomic mass is 10.1. The number of halogens is 2. The fourth-order valence-electron chi connectivity index (χ4n) is 2.76. The Hall–Kier alpha value is -3.19. The molecule has 1 amide bonds. The Morgan fingerprint density at radius 2 is 1.75 bits per heavy atom. The predicted octanol–water partition coefficient (Wildman–Crippen LogP) is 4.24. The van der Waals surface area contributed by atoms with Crippen molar-refractivity contribution >= 4 is 45.9 Å². The second kappa shape index (κ2) is 7.82. The monoisotopic (exact) mass is 402 g/mol. The molecule has 3 aromatic rings. The molecule has 1 unspecified atom stereocenters. The van der Waals surface area contributed by atoms with Gasteiger partial charge in [-0.2, -0.15) is 0 Å². The Labute approximate surface area is 164 Å². The Bertz CT molecular complexity index is 1070. The molecule has 0 aliphatic rings. The van der Waals surface area contributed by atoms with Crippen molar-refractivity contribution in [2.75, 3.05) is 5.32 Å². The number of aromatic amines is 1. The third kappa shape index (κ3) is 4.04. The molecule has 0 fully saturated rings. The van der Waals surface area contributed by atoms with E-state index in [-0.39, 0.29) is 28.4 Å². The number of anilines is 1. The molecule has 8 heteroatoms. The maximum atomic E-state index is 13.2. The quantitative estimate of drug-likeness (QED) is 0.379. The number of esters is 1. The third-order valence-electron chi connectivity index (χ3n) is 3.94. The molecule has 1 aromatic heterocycles. The number of nitrogens with one attached hydrogen (secondary N) is 2. The summed E-state index contributed by atoms with van der Waals surface area (Å²) < 4.78 is 18.1. The molecule has 1 atom stereocenters. The van der Waals surface area contributed by atoms with Crippen molar-refractivity contribution in [3.63, 3.8) is 0 Å². The van der Waals surface area contributed by atoms with Crippen LogP contribution in [0, 0.1) is 5.82 Å². The topological polar surface area (TPSA) is 88.3 Å². The molecule has 0 spiro atoms. The minimum Gasteiger partial charge on any atom is -0.443 e. The van der Waals surface area contributed by atoms with Crippen LogP contribution in [0.4, 0.5) is 10.1 Å². The number of rotatable bonds is 5. The highest BCUT2D eigenvalue weighted by Gasteiger charge is 2.21. The summed E-state index contributed by atoms with van der Waals surface area (Å²) in [5, 5.41) is 3.18. The van der Waals surface area contributed by atoms with Gasteiger partial charge in [0.1, 0.15) is 11.5 Å². The van der Waals surface area contributed by atoms with Gasteiger partial charge in [-0.25, -0.2) is 9.18 Å². The number of alkyl halides is 1. The normalized spacial score (nSPS) is 11.9. The molecule has 0 bridgehead atoms. The predicted molar refractivity (Wildman–Crippen MR) is 103 cm³/mol. The number of amides is 1. The summed E-state index contributed by atoms with van der Waals surface area (Å²) in [7, 11) is 0. The molecule has 28 heavy (non-hydrogen) atoms. The molecule has 3 rings (SSSR count). The zero-order chi connectivity index (χ0) is 20.4. The summed E-state index contributed by atoms with van der Waals surface area (Å²) in [6.07, 6.45) is 0. The molecule has 144 valence electrons. The fourth-order valence-corrected chi connectivity index (χ4v) is 2.84. The van der Waals surface area contributed by atoms with Gasteiger partial charge < -0.3 is 15.0 Å². The van der Waals surface area contributed by atoms with Gasteiger partial charge >= 0.3 is 5.97 Å². The average molecular weight is 403 g/mol. The number of H-pyrrole nitrogens is 1. The Morgan fingerprint density at radius 3 is 2.36 bits per heavy atom. The first kappa shape index (κ1) is 19.6. The minimum absolute atomic E-state index is 0.119. The second-order valence-corrected chi connectivity index (χ2v) is 6.72. The fraction of sp³-hybridized carbons (Fsp3) is 0.150. The summed E-state index contributed by atoms with van der Waals surface area (Å²) in [4.78, 5) is 39.5. The molecular formula is C20H16ClFN2O4. The zero-order valence-electron chi connectivity index (χ0n) is 15.0. The van der Waals surface area contributed by atoms with Crippen molar-refractivity contribution in [3.8, 4) is 0 Å². The summed E-state index contributed by atoms with van der Waals surface area (Å²) in [5.41, 5.74) is 0.533. The van der Waals surface area contributed by atoms with E-state index in [1.54, 1.807) is 6.07 Å². The molecule has 0 radical (unpaired) electrons. The van der Waals surface area contributed by atoms with E-state index in [1.807, 2.05) is 0 Å². The Morgan fingerprint density at radius 1 is 1.11 bits per heavy atom. The number of hydrogen-bond donors (Lipinski definition) is 2. The Balaban J connectivity index is 2.10. The molecule has 0 saturated heterocycles. The van der Waals surface area contributed by atoms with Crippen LogP contribution in [0.1, 0.15) is 40.3 Å². The maximum Gasteiger partial charge on any atom is 0.339 e. The number of fused-ring (bicyclic) bond motifs is 1. The van der Waals surface area contributed by atoms with E-state index in [2.05, 4.69) is 10.3 Å². The van der Waals surface area contributed by atoms with Crippen molar-refractivity contribution in [1.82, 2.24) is 4.98 Å². The standard InChI is InChI=1S/C20H16ClFN2O4/c1-10(21)28-20(27)13-5-8-15-16(9-13)24-18(17(15)23-11(2)25)19(26)12-3-6-14(22)7-4-12/h3-10,24H,1-2H3,(H,23,25). The first-order valence-electron chi connectivity index (χ1n) is 8.35. The lowest BCUT2D eigenvalue weighted by molar-refractivity contribution is -0.114. The van der Waals surface area contributed by atoms with Crippen molar-refractivity contribution in [2.24, 2.45) is 0 Å². The van der Waals surface area contributed by atoms with Gasteiger partial charge in [-0.3, -0.25) is 9.59 Å². The van der Waals surface area contributed by atoms with Crippen LogP contribution in [0.2, 0.25) is 0 Å². The zero-order valence-corrected chi connectivity index (χ0v) is 15.8. The van der Waals surface area contributed by atoms with Crippen molar-refractivity contribution in [1.29, 1.82) is 0 Å². The number of carbonyl (C=O) groups excluding carboxylic acids is 3. The minimum atomic E-state index is -0.794. The van der Waals surface area contributed by atoms with Crippen LogP contribution >= 0.6 is 11.6 Å². The van der Waals surface area contributed by atoms with Crippen LogP contribution < -0.4 is 5.32 Å². The van der Waals surface area contributed by atoms with E-state index in [0.717, 1.165) is 0 Å². The third-order valence-corrected chi connectivity index (χ3v) is 4.03. The lowest BCUT2D eigenvalue weighted by Gasteiger charge is -2.06. The number of benzene rings is 2. The largest absolute Gasteiger partial charge is 0.443 e. The van der Waals surface area contributed by atoms with Gasteiger partial charge in [0.25, 0.3) is 0 Å². The highest BCUT2D eigenvalue weighted by molar-refractivity contribution is 6.20. The molecule has 0 aliphatic heterocycles. The van der Waals surface area contributed by atoms with E-state index < -0.39 is 23.1 Å². The van der Waals surface area contributed by atoms with E-state index in [1.165, 1.54) is 50.2 Å². The van der Waals surface area contributed by atoms with Crippen LogP contribution in [-0.4, -0.2) is 28.2 Å². The number of carbonyl (C=O) groups is 3.